The summed E-state index contributed by atoms with van der Waals surface area (Å²) >= 11 is 0. The van der Waals surface area contributed by atoms with Crippen molar-refractivity contribution in [1.29, 1.82) is 0 Å². The fourth-order valence-corrected chi connectivity index (χ4v) is 4.87. The van der Waals surface area contributed by atoms with E-state index in [4.69, 9.17) is 9.47 Å². The normalized spacial score (nSPS) is 61.6. The van der Waals surface area contributed by atoms with Gasteiger partial charge in [0.25, 0.3) is 0 Å². The van der Waals surface area contributed by atoms with Gasteiger partial charge in [-0.2, -0.15) is 0 Å². The first-order valence-electron chi connectivity index (χ1n) is 7.09. The second-order valence-electron chi connectivity index (χ2n) is 7.14. The van der Waals surface area contributed by atoms with E-state index in [9.17, 15) is 5.11 Å². The highest BCUT2D eigenvalue weighted by Crippen LogP contribution is 2.71. The molecule has 1 saturated carbocycles. The molecule has 4 rings (SSSR count). The number of aliphatic hydroxyl groups is 1. The Kier molecular flexibility index (Phi) is 1.92. The van der Waals surface area contributed by atoms with Crippen molar-refractivity contribution in [2.75, 3.05) is 6.61 Å². The van der Waals surface area contributed by atoms with Crippen LogP contribution in [-0.2, 0) is 9.47 Å². The SMILES string of the molecule is CC1=C[C@H]2O[C@@H]3CC[C@](C)([C@@]2(C)C[C@H]1O)[C@]31CO1. The molecule has 2 saturated heterocycles. The summed E-state index contributed by atoms with van der Waals surface area (Å²) in [5.74, 6) is 0. The summed E-state index contributed by atoms with van der Waals surface area (Å²) < 4.78 is 12.2. The van der Waals surface area contributed by atoms with Gasteiger partial charge in [0.05, 0.1) is 24.9 Å². The van der Waals surface area contributed by atoms with Gasteiger partial charge in [0.2, 0.25) is 0 Å². The van der Waals surface area contributed by atoms with Gasteiger partial charge in [-0.15, -0.1) is 0 Å². The highest BCUT2D eigenvalue weighted by atomic mass is 16.6. The zero-order chi connectivity index (χ0) is 12.8. The van der Waals surface area contributed by atoms with Crippen molar-refractivity contribution in [3.8, 4) is 0 Å². The van der Waals surface area contributed by atoms with Crippen molar-refractivity contribution >= 4 is 0 Å². The van der Waals surface area contributed by atoms with Crippen molar-refractivity contribution in [3.63, 3.8) is 0 Å². The molecule has 2 bridgehead atoms. The van der Waals surface area contributed by atoms with E-state index in [0.717, 1.165) is 31.4 Å². The molecule has 3 fully saturated rings. The first kappa shape index (κ1) is 11.4. The quantitative estimate of drug-likeness (QED) is 0.528. The third-order valence-electron chi connectivity index (χ3n) is 6.57. The monoisotopic (exact) mass is 250 g/mol. The maximum atomic E-state index is 10.2. The van der Waals surface area contributed by atoms with Crippen molar-refractivity contribution in [1.82, 2.24) is 0 Å². The maximum Gasteiger partial charge on any atom is 0.124 e. The zero-order valence-electron chi connectivity index (χ0n) is 11.4. The van der Waals surface area contributed by atoms with Gasteiger partial charge in [-0.3, -0.25) is 0 Å². The molecular formula is C15H22O3. The molecule has 6 atom stereocenters. The summed E-state index contributed by atoms with van der Waals surface area (Å²) in [6.07, 6.45) is 5.30. The summed E-state index contributed by atoms with van der Waals surface area (Å²) in [6.45, 7) is 7.50. The van der Waals surface area contributed by atoms with Crippen LogP contribution in [0.25, 0.3) is 0 Å². The van der Waals surface area contributed by atoms with Gasteiger partial charge >= 0.3 is 0 Å². The molecule has 3 heteroatoms. The lowest BCUT2D eigenvalue weighted by Crippen LogP contribution is -2.62. The van der Waals surface area contributed by atoms with Crippen LogP contribution in [0.5, 0.6) is 0 Å². The van der Waals surface area contributed by atoms with Gasteiger partial charge in [0.1, 0.15) is 5.60 Å². The lowest BCUT2D eigenvalue weighted by atomic mass is 9.52. The second-order valence-corrected chi connectivity index (χ2v) is 7.14. The predicted molar refractivity (Wildman–Crippen MR) is 67.2 cm³/mol. The number of fused-ring (bicyclic) bond motifs is 2. The Morgan fingerprint density at radius 1 is 1.39 bits per heavy atom. The Balaban J connectivity index is 1.85. The van der Waals surface area contributed by atoms with Crippen molar-refractivity contribution in [3.05, 3.63) is 11.6 Å². The Bertz CT molecular complexity index is 439. The van der Waals surface area contributed by atoms with Crippen LogP contribution < -0.4 is 0 Å². The smallest absolute Gasteiger partial charge is 0.124 e. The Morgan fingerprint density at radius 2 is 2.11 bits per heavy atom. The van der Waals surface area contributed by atoms with Crippen molar-refractivity contribution < 1.29 is 14.6 Å². The predicted octanol–water partition coefficient (Wildman–Crippen LogP) is 2.04. The van der Waals surface area contributed by atoms with E-state index in [-0.39, 0.29) is 34.7 Å². The summed E-state index contributed by atoms with van der Waals surface area (Å²) in [4.78, 5) is 0. The van der Waals surface area contributed by atoms with Gasteiger partial charge in [-0.1, -0.05) is 19.9 Å². The zero-order valence-corrected chi connectivity index (χ0v) is 11.4. The molecule has 100 valence electrons. The van der Waals surface area contributed by atoms with Crippen LogP contribution in [0, 0.1) is 10.8 Å². The average Bonchev–Trinajstić information content (AvgIpc) is 3.05. The third-order valence-corrected chi connectivity index (χ3v) is 6.57. The minimum Gasteiger partial charge on any atom is -0.389 e. The largest absolute Gasteiger partial charge is 0.389 e. The molecule has 1 spiro atoms. The van der Waals surface area contributed by atoms with Crippen LogP contribution in [0.1, 0.15) is 40.0 Å². The third kappa shape index (κ3) is 1.01. The lowest BCUT2D eigenvalue weighted by Gasteiger charge is -2.57. The van der Waals surface area contributed by atoms with E-state index in [1.54, 1.807) is 0 Å². The number of hydrogen-bond donors (Lipinski definition) is 1. The van der Waals surface area contributed by atoms with Crippen molar-refractivity contribution in [2.45, 2.75) is 63.9 Å². The molecule has 0 aromatic heterocycles. The molecule has 2 heterocycles. The Morgan fingerprint density at radius 3 is 2.78 bits per heavy atom. The fourth-order valence-electron chi connectivity index (χ4n) is 4.87. The molecule has 0 radical (unpaired) electrons. The summed E-state index contributed by atoms with van der Waals surface area (Å²) in [5, 5.41) is 10.2. The number of ether oxygens (including phenoxy) is 2. The molecule has 0 unspecified atom stereocenters. The van der Waals surface area contributed by atoms with Gasteiger partial charge in [-0.25, -0.2) is 0 Å². The molecule has 0 aromatic rings. The first-order chi connectivity index (χ1) is 8.43. The first-order valence-corrected chi connectivity index (χ1v) is 7.09. The van der Waals surface area contributed by atoms with E-state index >= 15 is 0 Å². The molecule has 0 amide bonds. The van der Waals surface area contributed by atoms with Gasteiger partial charge in [0, 0.05) is 10.8 Å². The molecule has 2 aliphatic heterocycles. The number of aliphatic hydroxyl groups excluding tert-OH is 1. The summed E-state index contributed by atoms with van der Waals surface area (Å²) in [6, 6.07) is 0. The van der Waals surface area contributed by atoms with Gasteiger partial charge < -0.3 is 14.6 Å². The highest BCUT2D eigenvalue weighted by Gasteiger charge is 2.77. The number of rotatable bonds is 0. The number of hydrogen-bond acceptors (Lipinski definition) is 3. The van der Waals surface area contributed by atoms with Crippen LogP contribution in [0.4, 0.5) is 0 Å². The topological polar surface area (TPSA) is 42.0 Å². The van der Waals surface area contributed by atoms with E-state index < -0.39 is 0 Å². The standard InChI is InChI=1S/C15H22O3/c1-9-6-12-13(2,7-10(9)16)14(3)5-4-11(18-12)15(14)8-17-15/h6,10-12,16H,4-5,7-8H2,1-3H3/t10-,11-,12-,13+,14-,15+/m1/s1. The Hall–Kier alpha value is -0.380. The van der Waals surface area contributed by atoms with E-state index in [1.807, 2.05) is 6.92 Å². The minimum atomic E-state index is -0.320. The van der Waals surface area contributed by atoms with Crippen molar-refractivity contribution in [2.24, 2.45) is 10.8 Å². The molecule has 0 aromatic carbocycles. The van der Waals surface area contributed by atoms with Crippen LogP contribution in [0.3, 0.4) is 0 Å². The molecule has 3 nitrogen and oxygen atoms in total. The molecule has 18 heavy (non-hydrogen) atoms. The van der Waals surface area contributed by atoms with E-state index in [2.05, 4.69) is 19.9 Å². The van der Waals surface area contributed by atoms with E-state index in [1.165, 1.54) is 0 Å². The molecule has 4 aliphatic rings. The van der Waals surface area contributed by atoms with Crippen LogP contribution in [-0.4, -0.2) is 35.6 Å². The summed E-state index contributed by atoms with van der Waals surface area (Å²) in [7, 11) is 0. The fraction of sp³-hybridized carbons (Fsp3) is 0.867. The van der Waals surface area contributed by atoms with Crippen LogP contribution in [0.2, 0.25) is 0 Å². The maximum absolute atomic E-state index is 10.2. The average molecular weight is 250 g/mol. The second kappa shape index (κ2) is 3.02. The van der Waals surface area contributed by atoms with Gasteiger partial charge in [0.15, 0.2) is 0 Å². The summed E-state index contributed by atoms with van der Waals surface area (Å²) in [5.41, 5.74) is 1.16. The van der Waals surface area contributed by atoms with Crippen LogP contribution >= 0.6 is 0 Å². The Labute approximate surface area is 108 Å². The number of epoxide rings is 1. The molecule has 1 N–H and O–H groups in total. The van der Waals surface area contributed by atoms with Crippen LogP contribution in [0.15, 0.2) is 11.6 Å². The lowest BCUT2D eigenvalue weighted by molar-refractivity contribution is -0.198. The molecule has 2 aliphatic carbocycles. The minimum absolute atomic E-state index is 0.00454. The molecular weight excluding hydrogens is 228 g/mol. The van der Waals surface area contributed by atoms with Gasteiger partial charge in [-0.05, 0) is 31.8 Å². The van der Waals surface area contributed by atoms with E-state index in [0.29, 0.717) is 0 Å². The highest BCUT2D eigenvalue weighted by molar-refractivity contribution is 5.30.